The van der Waals surface area contributed by atoms with Gasteiger partial charge in [0.25, 0.3) is 0 Å². The van der Waals surface area contributed by atoms with Crippen molar-refractivity contribution in [1.29, 1.82) is 0 Å². The van der Waals surface area contributed by atoms with E-state index in [1.807, 2.05) is 37.3 Å². The van der Waals surface area contributed by atoms with Crippen LogP contribution in [0.3, 0.4) is 0 Å². The van der Waals surface area contributed by atoms with E-state index in [4.69, 9.17) is 25.8 Å². The van der Waals surface area contributed by atoms with Crippen molar-refractivity contribution in [1.82, 2.24) is 9.80 Å². The number of nitrogens with zero attached hydrogens (tertiary/aromatic N) is 2. The van der Waals surface area contributed by atoms with Gasteiger partial charge in [0.1, 0.15) is 6.54 Å². The molecule has 1 heterocycles. The molecule has 0 radical (unpaired) electrons. The summed E-state index contributed by atoms with van der Waals surface area (Å²) in [5.41, 5.74) is 1.58. The lowest BCUT2D eigenvalue weighted by Crippen LogP contribution is -2.45. The fourth-order valence-corrected chi connectivity index (χ4v) is 5.13. The molecule has 1 N–H and O–H groups in total. The molecule has 0 saturated heterocycles. The Hall–Kier alpha value is -3.27. The van der Waals surface area contributed by atoms with E-state index in [9.17, 15) is 9.59 Å². The topological polar surface area (TPSA) is 80.3 Å². The maximum Gasteiger partial charge on any atom is 0.322 e. The lowest BCUT2D eigenvalue weighted by atomic mass is 10.1. The molecule has 0 atom stereocenters. The van der Waals surface area contributed by atoms with Gasteiger partial charge in [-0.1, -0.05) is 23.7 Å². The lowest BCUT2D eigenvalue weighted by molar-refractivity contribution is -0.132. The zero-order chi connectivity index (χ0) is 28.2. The summed E-state index contributed by atoms with van der Waals surface area (Å²) >= 11 is 7.74. The van der Waals surface area contributed by atoms with Crippen molar-refractivity contribution >= 4 is 40.6 Å². The first-order valence-corrected chi connectivity index (χ1v) is 13.9. The molecule has 8 nitrogen and oxygen atoms in total. The normalized spacial score (nSPS) is 10.7. The Morgan fingerprint density at radius 3 is 2.41 bits per heavy atom. The Kier molecular flexibility index (Phi) is 11.9. The van der Waals surface area contributed by atoms with Crippen molar-refractivity contribution in [2.24, 2.45) is 0 Å². The van der Waals surface area contributed by atoms with Gasteiger partial charge in [0.05, 0.1) is 20.8 Å². The fourth-order valence-electron chi connectivity index (χ4n) is 4.03. The summed E-state index contributed by atoms with van der Waals surface area (Å²) in [5, 5.41) is 3.37. The smallest absolute Gasteiger partial charge is 0.322 e. The minimum Gasteiger partial charge on any atom is -0.493 e. The van der Waals surface area contributed by atoms with Gasteiger partial charge in [-0.3, -0.25) is 4.79 Å². The van der Waals surface area contributed by atoms with Gasteiger partial charge in [-0.25, -0.2) is 4.79 Å². The number of ether oxygens (including phenoxy) is 3. The molecular weight excluding hydrogens is 538 g/mol. The quantitative estimate of drug-likeness (QED) is 0.244. The van der Waals surface area contributed by atoms with E-state index in [2.05, 4.69) is 5.32 Å². The minimum atomic E-state index is -0.367. The number of carbonyl (C=O) groups is 2. The Morgan fingerprint density at radius 1 is 0.949 bits per heavy atom. The molecule has 1 aromatic heterocycles. The average Bonchev–Trinajstić information content (AvgIpc) is 3.34. The van der Waals surface area contributed by atoms with Crippen molar-refractivity contribution in [3.63, 3.8) is 0 Å². The summed E-state index contributed by atoms with van der Waals surface area (Å²) in [6.07, 6.45) is 1.22. The van der Waals surface area contributed by atoms with Crippen molar-refractivity contribution < 1.29 is 23.8 Å². The Bertz CT molecular complexity index is 1240. The summed E-state index contributed by atoms with van der Waals surface area (Å²) in [4.78, 5) is 32.4. The summed E-state index contributed by atoms with van der Waals surface area (Å²) in [6.45, 7) is 3.77. The van der Waals surface area contributed by atoms with Crippen molar-refractivity contribution in [3.05, 3.63) is 74.9 Å². The van der Waals surface area contributed by atoms with Gasteiger partial charge in [-0.2, -0.15) is 0 Å². The Labute approximate surface area is 239 Å². The van der Waals surface area contributed by atoms with Crippen molar-refractivity contribution in [2.45, 2.75) is 26.3 Å². The van der Waals surface area contributed by atoms with Crippen LogP contribution < -0.4 is 14.8 Å². The number of hydrogen-bond acceptors (Lipinski definition) is 6. The van der Waals surface area contributed by atoms with Crippen LogP contribution in [0.15, 0.2) is 54.6 Å². The summed E-state index contributed by atoms with van der Waals surface area (Å²) in [6, 6.07) is 16.4. The van der Waals surface area contributed by atoms with Crippen LogP contribution in [0.4, 0.5) is 10.5 Å². The van der Waals surface area contributed by atoms with E-state index in [1.165, 1.54) is 9.78 Å². The number of carbonyl (C=O) groups excluding carboxylic acids is 2. The summed E-state index contributed by atoms with van der Waals surface area (Å²) in [7, 11) is 4.81. The molecule has 210 valence electrons. The first-order chi connectivity index (χ1) is 18.8. The van der Waals surface area contributed by atoms with Crippen LogP contribution >= 0.6 is 22.9 Å². The van der Waals surface area contributed by atoms with Gasteiger partial charge in [-0.05, 0) is 67.8 Å². The maximum atomic E-state index is 13.7. The van der Waals surface area contributed by atoms with Crippen molar-refractivity contribution in [3.8, 4) is 11.5 Å². The van der Waals surface area contributed by atoms with Crippen LogP contribution in [-0.2, 0) is 22.5 Å². The van der Waals surface area contributed by atoms with Crippen molar-refractivity contribution in [2.75, 3.05) is 52.9 Å². The third kappa shape index (κ3) is 9.45. The van der Waals surface area contributed by atoms with E-state index in [0.717, 1.165) is 10.4 Å². The average molecular weight is 574 g/mol. The number of hydrogen-bond donors (Lipinski definition) is 1. The highest BCUT2D eigenvalue weighted by Crippen LogP contribution is 2.28. The van der Waals surface area contributed by atoms with Crippen LogP contribution in [0.5, 0.6) is 11.5 Å². The van der Waals surface area contributed by atoms with E-state index in [0.29, 0.717) is 61.3 Å². The second-order valence-corrected chi connectivity index (χ2v) is 10.8. The number of aryl methyl sites for hydroxylation is 1. The maximum absolute atomic E-state index is 13.7. The molecule has 3 rings (SSSR count). The highest BCUT2D eigenvalue weighted by molar-refractivity contribution is 7.11. The van der Waals surface area contributed by atoms with Crippen LogP contribution in [0.25, 0.3) is 0 Å². The molecule has 0 aliphatic heterocycles. The number of thiophene rings is 1. The van der Waals surface area contributed by atoms with Gasteiger partial charge < -0.3 is 29.3 Å². The molecule has 3 aromatic rings. The summed E-state index contributed by atoms with van der Waals surface area (Å²) < 4.78 is 16.0. The molecule has 2 aromatic carbocycles. The molecule has 0 aliphatic rings. The molecule has 0 bridgehead atoms. The van der Waals surface area contributed by atoms with E-state index in [-0.39, 0.29) is 18.5 Å². The highest BCUT2D eigenvalue weighted by Gasteiger charge is 2.22. The van der Waals surface area contributed by atoms with Crippen LogP contribution in [0.2, 0.25) is 5.02 Å². The van der Waals surface area contributed by atoms with E-state index >= 15 is 0 Å². The van der Waals surface area contributed by atoms with Gasteiger partial charge >= 0.3 is 6.03 Å². The standard InChI is InChI=1S/C29H36ClN3O5S/c1-21-9-11-25(39-21)19-32(15-13-22-10-12-26(37-3)27(17-22)38-4)28(34)20-33(14-6-16-36-2)29(35)31-24-8-5-7-23(30)18-24/h5,7-12,17-18H,6,13-16,19-20H2,1-4H3,(H,31,35). The molecule has 0 unspecified atom stereocenters. The third-order valence-electron chi connectivity index (χ3n) is 6.08. The zero-order valence-corrected chi connectivity index (χ0v) is 24.4. The second-order valence-electron chi connectivity index (χ2n) is 8.98. The third-order valence-corrected chi connectivity index (χ3v) is 7.30. The first kappa shape index (κ1) is 30.3. The van der Waals surface area contributed by atoms with Gasteiger partial charge in [0.2, 0.25) is 5.91 Å². The van der Waals surface area contributed by atoms with Gasteiger partial charge in [-0.15, -0.1) is 11.3 Å². The number of nitrogens with one attached hydrogen (secondary N) is 1. The second kappa shape index (κ2) is 15.4. The molecule has 0 saturated carbocycles. The molecule has 39 heavy (non-hydrogen) atoms. The number of halogens is 1. The number of anilines is 1. The molecule has 0 spiro atoms. The number of urea groups is 1. The SMILES string of the molecule is COCCCN(CC(=O)N(CCc1ccc(OC)c(OC)c1)Cc1ccc(C)s1)C(=O)Nc1cccc(Cl)c1. The molecule has 3 amide bonds. The number of benzene rings is 2. The van der Waals surface area contributed by atoms with E-state index < -0.39 is 0 Å². The first-order valence-electron chi connectivity index (χ1n) is 12.7. The molecule has 0 fully saturated rings. The number of amides is 3. The van der Waals surface area contributed by atoms with Crippen LogP contribution in [0.1, 0.15) is 21.7 Å². The predicted molar refractivity (Wildman–Crippen MR) is 156 cm³/mol. The predicted octanol–water partition coefficient (Wildman–Crippen LogP) is 5.87. The molecule has 0 aliphatic carbocycles. The monoisotopic (exact) mass is 573 g/mol. The van der Waals surface area contributed by atoms with Crippen LogP contribution in [0, 0.1) is 6.92 Å². The van der Waals surface area contributed by atoms with Gasteiger partial charge in [0, 0.05) is 47.3 Å². The number of methoxy groups -OCH3 is 3. The van der Waals surface area contributed by atoms with Crippen LogP contribution in [-0.4, -0.2) is 69.3 Å². The Balaban J connectivity index is 1.76. The zero-order valence-electron chi connectivity index (χ0n) is 22.9. The molecule has 10 heteroatoms. The largest absolute Gasteiger partial charge is 0.493 e. The highest BCUT2D eigenvalue weighted by atomic mass is 35.5. The number of rotatable bonds is 14. The van der Waals surface area contributed by atoms with E-state index in [1.54, 1.807) is 61.8 Å². The molecular formula is C29H36ClN3O5S. The van der Waals surface area contributed by atoms with Gasteiger partial charge in [0.15, 0.2) is 11.5 Å². The lowest BCUT2D eigenvalue weighted by Gasteiger charge is -2.28. The summed E-state index contributed by atoms with van der Waals surface area (Å²) in [5.74, 6) is 1.16. The fraction of sp³-hybridized carbons (Fsp3) is 0.379. The Morgan fingerprint density at radius 2 is 1.74 bits per heavy atom. The minimum absolute atomic E-state index is 0.0631.